The molecule has 0 aliphatic rings. The van der Waals surface area contributed by atoms with E-state index in [9.17, 15) is 10.2 Å². The van der Waals surface area contributed by atoms with E-state index >= 15 is 0 Å². The zero-order valence-electron chi connectivity index (χ0n) is 15.6. The number of hydrogen-bond acceptors (Lipinski definition) is 5. The molecular weight excluding hydrogens is 394 g/mol. The zero-order chi connectivity index (χ0) is 20.1. The number of hydrogen-bond donors (Lipinski definition) is 3. The predicted octanol–water partition coefficient (Wildman–Crippen LogP) is 5.87. The van der Waals surface area contributed by atoms with Gasteiger partial charge in [-0.05, 0) is 55.0 Å². The lowest BCUT2D eigenvalue weighted by Crippen LogP contribution is -2.02. The van der Waals surface area contributed by atoms with E-state index in [0.717, 1.165) is 26.8 Å². The first kappa shape index (κ1) is 20.4. The Hall–Kier alpha value is -2.34. The van der Waals surface area contributed by atoms with Crippen LogP contribution in [0.25, 0.3) is 0 Å². The van der Waals surface area contributed by atoms with Gasteiger partial charge in [0, 0.05) is 27.6 Å². The number of phenols is 1. The standard InChI is InChI=1S/C22H22ClNO3S/c1-14(25)19-11-16(12-20(23)22(19)26)24-13-15-5-3-4-6-21(15)28-18-9-7-17(27-2)8-10-18/h3-12,14,24-26H,13H2,1-2H3. The van der Waals surface area contributed by atoms with Crippen LogP contribution in [0.2, 0.25) is 5.02 Å². The molecule has 3 N–H and O–H groups in total. The summed E-state index contributed by atoms with van der Waals surface area (Å²) in [5.41, 5.74) is 2.27. The Labute approximate surface area is 174 Å². The number of nitrogens with one attached hydrogen (secondary N) is 1. The maximum Gasteiger partial charge on any atom is 0.140 e. The van der Waals surface area contributed by atoms with E-state index < -0.39 is 6.10 Å². The molecule has 3 rings (SSSR count). The molecule has 0 aliphatic heterocycles. The van der Waals surface area contributed by atoms with E-state index in [0.29, 0.717) is 12.1 Å². The Morgan fingerprint density at radius 1 is 1.11 bits per heavy atom. The zero-order valence-corrected chi connectivity index (χ0v) is 17.2. The number of rotatable bonds is 7. The lowest BCUT2D eigenvalue weighted by atomic mass is 10.1. The van der Waals surface area contributed by atoms with Crippen molar-refractivity contribution >= 4 is 29.1 Å². The summed E-state index contributed by atoms with van der Waals surface area (Å²) in [4.78, 5) is 2.26. The molecule has 0 fully saturated rings. The average Bonchev–Trinajstić information content (AvgIpc) is 2.70. The van der Waals surface area contributed by atoms with Crippen molar-refractivity contribution in [3.63, 3.8) is 0 Å². The Morgan fingerprint density at radius 3 is 2.50 bits per heavy atom. The van der Waals surface area contributed by atoms with Crippen LogP contribution in [0.4, 0.5) is 5.69 Å². The summed E-state index contributed by atoms with van der Waals surface area (Å²) < 4.78 is 5.21. The van der Waals surface area contributed by atoms with Crippen molar-refractivity contribution < 1.29 is 14.9 Å². The molecule has 0 bridgehead atoms. The Balaban J connectivity index is 1.76. The third-order valence-electron chi connectivity index (χ3n) is 4.29. The SMILES string of the molecule is COc1ccc(Sc2ccccc2CNc2cc(Cl)c(O)c(C(C)O)c2)cc1. The first-order valence-electron chi connectivity index (χ1n) is 8.82. The molecule has 6 heteroatoms. The number of methoxy groups -OCH3 is 1. The highest BCUT2D eigenvalue weighted by atomic mass is 35.5. The van der Waals surface area contributed by atoms with Crippen molar-refractivity contribution in [3.8, 4) is 11.5 Å². The van der Waals surface area contributed by atoms with Gasteiger partial charge in [0.05, 0.1) is 18.2 Å². The van der Waals surface area contributed by atoms with Gasteiger partial charge in [0.25, 0.3) is 0 Å². The number of aliphatic hydroxyl groups excluding tert-OH is 1. The average molecular weight is 416 g/mol. The van der Waals surface area contributed by atoms with Crippen molar-refractivity contribution in [2.75, 3.05) is 12.4 Å². The first-order chi connectivity index (χ1) is 13.5. The van der Waals surface area contributed by atoms with E-state index in [-0.39, 0.29) is 10.8 Å². The fourth-order valence-electron chi connectivity index (χ4n) is 2.76. The molecule has 0 aliphatic carbocycles. The molecule has 4 nitrogen and oxygen atoms in total. The number of phenolic OH excluding ortho intramolecular Hbond substituents is 1. The Morgan fingerprint density at radius 2 is 1.82 bits per heavy atom. The molecular formula is C22H22ClNO3S. The first-order valence-corrected chi connectivity index (χ1v) is 10.0. The summed E-state index contributed by atoms with van der Waals surface area (Å²) in [7, 11) is 1.65. The topological polar surface area (TPSA) is 61.7 Å². The van der Waals surface area contributed by atoms with Crippen LogP contribution in [0.15, 0.2) is 70.5 Å². The van der Waals surface area contributed by atoms with Crippen LogP contribution in [-0.4, -0.2) is 17.3 Å². The Kier molecular flexibility index (Phi) is 6.73. The second kappa shape index (κ2) is 9.24. The molecule has 1 unspecified atom stereocenters. The highest BCUT2D eigenvalue weighted by Gasteiger charge is 2.13. The van der Waals surface area contributed by atoms with Gasteiger partial charge in [-0.1, -0.05) is 41.6 Å². The summed E-state index contributed by atoms with van der Waals surface area (Å²) in [6, 6.07) is 19.5. The molecule has 28 heavy (non-hydrogen) atoms. The van der Waals surface area contributed by atoms with Crippen LogP contribution >= 0.6 is 23.4 Å². The molecule has 0 saturated carbocycles. The number of ether oxygens (including phenoxy) is 1. The number of halogens is 1. The largest absolute Gasteiger partial charge is 0.506 e. The van der Waals surface area contributed by atoms with E-state index in [2.05, 4.69) is 17.4 Å². The number of benzene rings is 3. The van der Waals surface area contributed by atoms with E-state index in [4.69, 9.17) is 16.3 Å². The fourth-order valence-corrected chi connectivity index (χ4v) is 3.93. The molecule has 0 heterocycles. The van der Waals surface area contributed by atoms with Crippen LogP contribution in [-0.2, 0) is 6.54 Å². The molecule has 0 radical (unpaired) electrons. The van der Waals surface area contributed by atoms with Gasteiger partial charge in [-0.2, -0.15) is 0 Å². The van der Waals surface area contributed by atoms with Crippen molar-refractivity contribution in [1.82, 2.24) is 0 Å². The van der Waals surface area contributed by atoms with Gasteiger partial charge >= 0.3 is 0 Å². The normalized spacial score (nSPS) is 11.9. The smallest absolute Gasteiger partial charge is 0.140 e. The molecule has 0 amide bonds. The van der Waals surface area contributed by atoms with Crippen LogP contribution in [0.3, 0.4) is 0 Å². The van der Waals surface area contributed by atoms with Gasteiger partial charge in [0.15, 0.2) is 0 Å². The molecule has 0 spiro atoms. The van der Waals surface area contributed by atoms with E-state index in [1.165, 1.54) is 0 Å². The summed E-state index contributed by atoms with van der Waals surface area (Å²) >= 11 is 7.77. The molecule has 0 aromatic heterocycles. The molecule has 0 saturated heterocycles. The van der Waals surface area contributed by atoms with Gasteiger partial charge in [-0.25, -0.2) is 0 Å². The molecule has 3 aromatic rings. The third-order valence-corrected chi connectivity index (χ3v) is 5.70. The minimum absolute atomic E-state index is 0.0855. The summed E-state index contributed by atoms with van der Waals surface area (Å²) in [6.07, 6.45) is -0.808. The quantitative estimate of drug-likeness (QED) is 0.421. The minimum Gasteiger partial charge on any atom is -0.506 e. The van der Waals surface area contributed by atoms with Crippen molar-refractivity contribution in [1.29, 1.82) is 0 Å². The van der Waals surface area contributed by atoms with Gasteiger partial charge in [-0.15, -0.1) is 0 Å². The minimum atomic E-state index is -0.808. The lowest BCUT2D eigenvalue weighted by molar-refractivity contribution is 0.195. The van der Waals surface area contributed by atoms with Crippen molar-refractivity contribution in [3.05, 3.63) is 76.8 Å². The number of aliphatic hydroxyl groups is 1. The highest BCUT2D eigenvalue weighted by Crippen LogP contribution is 2.36. The summed E-state index contributed by atoms with van der Waals surface area (Å²) in [6.45, 7) is 2.18. The molecule has 3 aromatic carbocycles. The van der Waals surface area contributed by atoms with Crippen molar-refractivity contribution in [2.24, 2.45) is 0 Å². The van der Waals surface area contributed by atoms with Gasteiger partial charge in [-0.3, -0.25) is 0 Å². The van der Waals surface area contributed by atoms with Gasteiger partial charge in [0.1, 0.15) is 11.5 Å². The number of aromatic hydroxyl groups is 1. The monoisotopic (exact) mass is 415 g/mol. The Bertz CT molecular complexity index is 945. The molecule has 1 atom stereocenters. The maximum absolute atomic E-state index is 9.99. The lowest BCUT2D eigenvalue weighted by Gasteiger charge is -2.15. The van der Waals surface area contributed by atoms with Crippen molar-refractivity contribution in [2.45, 2.75) is 29.4 Å². The third kappa shape index (κ3) is 4.93. The van der Waals surface area contributed by atoms with Crippen LogP contribution in [0.5, 0.6) is 11.5 Å². The second-order valence-corrected chi connectivity index (χ2v) is 7.83. The summed E-state index contributed by atoms with van der Waals surface area (Å²) in [5.74, 6) is 0.745. The van der Waals surface area contributed by atoms with E-state index in [1.807, 2.05) is 36.4 Å². The number of anilines is 1. The highest BCUT2D eigenvalue weighted by molar-refractivity contribution is 7.99. The predicted molar refractivity (Wildman–Crippen MR) is 115 cm³/mol. The van der Waals surface area contributed by atoms with Gasteiger partial charge in [0.2, 0.25) is 0 Å². The summed E-state index contributed by atoms with van der Waals surface area (Å²) in [5, 5.41) is 23.4. The van der Waals surface area contributed by atoms with Crippen LogP contribution in [0, 0.1) is 0 Å². The van der Waals surface area contributed by atoms with E-state index in [1.54, 1.807) is 37.9 Å². The maximum atomic E-state index is 9.99. The van der Waals surface area contributed by atoms with Crippen LogP contribution < -0.4 is 10.1 Å². The molecule has 146 valence electrons. The van der Waals surface area contributed by atoms with Crippen LogP contribution in [0.1, 0.15) is 24.2 Å². The second-order valence-electron chi connectivity index (χ2n) is 6.31. The fraction of sp³-hybridized carbons (Fsp3) is 0.182. The van der Waals surface area contributed by atoms with Gasteiger partial charge < -0.3 is 20.3 Å².